The van der Waals surface area contributed by atoms with E-state index in [9.17, 15) is 19.5 Å². The third-order valence-corrected chi connectivity index (χ3v) is 5.50. The minimum absolute atomic E-state index is 0.00154. The summed E-state index contributed by atoms with van der Waals surface area (Å²) in [7, 11) is 1.71. The van der Waals surface area contributed by atoms with Crippen molar-refractivity contribution in [3.05, 3.63) is 48.0 Å². The summed E-state index contributed by atoms with van der Waals surface area (Å²) in [6.07, 6.45) is -0.441. The van der Waals surface area contributed by atoms with Gasteiger partial charge in [0.05, 0.1) is 6.04 Å². The van der Waals surface area contributed by atoms with Gasteiger partial charge in [-0.05, 0) is 29.2 Å². The second-order valence-electron chi connectivity index (χ2n) is 7.47. The standard InChI is InChI=1S/C22H26N2O5/c1-23(14-16-8-4-7-15-6-2-3-9-17(15)16)19(25)11-12-20(26)24-13-5-10-18(24)21(27)22(28)29/h2-4,6-9,18,21,27H,5,10-14H2,1H3,(H,28,29)/t18-,21?/m0/s1. The van der Waals surface area contributed by atoms with Gasteiger partial charge in [-0.2, -0.15) is 0 Å². The Morgan fingerprint density at radius 1 is 1.14 bits per heavy atom. The molecule has 0 aliphatic carbocycles. The second-order valence-corrected chi connectivity index (χ2v) is 7.47. The first kappa shape index (κ1) is 20.8. The molecule has 0 radical (unpaired) electrons. The van der Waals surface area contributed by atoms with E-state index in [4.69, 9.17) is 5.11 Å². The van der Waals surface area contributed by atoms with Gasteiger partial charge in [0.2, 0.25) is 11.8 Å². The summed E-state index contributed by atoms with van der Waals surface area (Å²) in [6.45, 7) is 0.853. The zero-order chi connectivity index (χ0) is 21.0. The van der Waals surface area contributed by atoms with E-state index in [2.05, 4.69) is 0 Å². The SMILES string of the molecule is CN(Cc1cccc2ccccc12)C(=O)CCC(=O)N1CCC[C@H]1C(O)C(=O)O. The molecular weight excluding hydrogens is 372 g/mol. The Labute approximate surface area is 169 Å². The quantitative estimate of drug-likeness (QED) is 0.744. The second kappa shape index (κ2) is 9.05. The molecule has 2 aromatic rings. The van der Waals surface area contributed by atoms with E-state index in [1.165, 1.54) is 4.90 Å². The van der Waals surface area contributed by atoms with Gasteiger partial charge in [-0.25, -0.2) is 4.79 Å². The average Bonchev–Trinajstić information content (AvgIpc) is 3.21. The number of benzene rings is 2. The number of amides is 2. The van der Waals surface area contributed by atoms with E-state index in [0.29, 0.717) is 25.9 Å². The lowest BCUT2D eigenvalue weighted by Crippen LogP contribution is -2.46. The molecule has 7 nitrogen and oxygen atoms in total. The van der Waals surface area contributed by atoms with E-state index < -0.39 is 18.1 Å². The van der Waals surface area contributed by atoms with Crippen LogP contribution in [-0.2, 0) is 20.9 Å². The minimum Gasteiger partial charge on any atom is -0.479 e. The van der Waals surface area contributed by atoms with Crippen LogP contribution in [0.4, 0.5) is 0 Å². The number of aliphatic hydroxyl groups is 1. The Morgan fingerprint density at radius 3 is 2.62 bits per heavy atom. The first-order valence-corrected chi connectivity index (χ1v) is 9.79. The van der Waals surface area contributed by atoms with Gasteiger partial charge < -0.3 is 20.0 Å². The molecule has 3 rings (SSSR count). The average molecular weight is 398 g/mol. The van der Waals surface area contributed by atoms with E-state index in [0.717, 1.165) is 16.3 Å². The van der Waals surface area contributed by atoms with Gasteiger partial charge >= 0.3 is 5.97 Å². The van der Waals surface area contributed by atoms with Crippen molar-refractivity contribution in [3.63, 3.8) is 0 Å². The van der Waals surface area contributed by atoms with Crippen LogP contribution in [0, 0.1) is 0 Å². The van der Waals surface area contributed by atoms with Crippen LogP contribution in [-0.4, -0.2) is 63.5 Å². The summed E-state index contributed by atoms with van der Waals surface area (Å²) in [5, 5.41) is 21.0. The molecule has 2 atom stereocenters. The zero-order valence-corrected chi connectivity index (χ0v) is 16.5. The molecule has 2 aromatic carbocycles. The summed E-state index contributed by atoms with van der Waals surface area (Å²) < 4.78 is 0. The van der Waals surface area contributed by atoms with Crippen molar-refractivity contribution in [2.24, 2.45) is 0 Å². The highest BCUT2D eigenvalue weighted by Gasteiger charge is 2.37. The molecule has 0 saturated carbocycles. The summed E-state index contributed by atoms with van der Waals surface area (Å²) in [5.41, 5.74) is 1.04. The van der Waals surface area contributed by atoms with Crippen molar-refractivity contribution in [1.29, 1.82) is 0 Å². The van der Waals surface area contributed by atoms with Crippen molar-refractivity contribution >= 4 is 28.6 Å². The monoisotopic (exact) mass is 398 g/mol. The lowest BCUT2D eigenvalue weighted by Gasteiger charge is -2.27. The van der Waals surface area contributed by atoms with Crippen LogP contribution in [0.3, 0.4) is 0 Å². The molecule has 1 saturated heterocycles. The normalized spacial score (nSPS) is 17.3. The molecular formula is C22H26N2O5. The van der Waals surface area contributed by atoms with Gasteiger partial charge in [0, 0.05) is 33.0 Å². The lowest BCUT2D eigenvalue weighted by atomic mass is 10.0. The first-order valence-electron chi connectivity index (χ1n) is 9.79. The number of hydrogen-bond acceptors (Lipinski definition) is 4. The smallest absolute Gasteiger partial charge is 0.334 e. The van der Waals surface area contributed by atoms with Gasteiger partial charge in [-0.15, -0.1) is 0 Å². The minimum atomic E-state index is -1.59. The third kappa shape index (κ3) is 4.74. The van der Waals surface area contributed by atoms with Crippen LogP contribution in [0.25, 0.3) is 10.8 Å². The van der Waals surface area contributed by atoms with Crippen LogP contribution in [0.15, 0.2) is 42.5 Å². The highest BCUT2D eigenvalue weighted by Crippen LogP contribution is 2.23. The van der Waals surface area contributed by atoms with Crippen molar-refractivity contribution in [2.75, 3.05) is 13.6 Å². The van der Waals surface area contributed by atoms with E-state index in [1.54, 1.807) is 11.9 Å². The number of hydrogen-bond donors (Lipinski definition) is 2. The van der Waals surface area contributed by atoms with Gasteiger partial charge in [-0.1, -0.05) is 42.5 Å². The highest BCUT2D eigenvalue weighted by molar-refractivity contribution is 5.87. The number of aliphatic hydroxyl groups excluding tert-OH is 1. The molecule has 0 spiro atoms. The fourth-order valence-electron chi connectivity index (χ4n) is 3.92. The molecule has 0 aromatic heterocycles. The van der Waals surface area contributed by atoms with Crippen LogP contribution in [0.1, 0.15) is 31.2 Å². The molecule has 7 heteroatoms. The summed E-state index contributed by atoms with van der Waals surface area (Å²) >= 11 is 0. The number of likely N-dealkylation sites (tertiary alicyclic amines) is 1. The number of carbonyl (C=O) groups is 3. The van der Waals surface area contributed by atoms with Crippen LogP contribution >= 0.6 is 0 Å². The summed E-state index contributed by atoms with van der Waals surface area (Å²) in [6, 6.07) is 13.2. The molecule has 2 N–H and O–H groups in total. The van der Waals surface area contributed by atoms with E-state index >= 15 is 0 Å². The largest absolute Gasteiger partial charge is 0.479 e. The van der Waals surface area contributed by atoms with Crippen molar-refractivity contribution < 1.29 is 24.6 Å². The lowest BCUT2D eigenvalue weighted by molar-refractivity contribution is -0.152. The number of rotatable bonds is 7. The summed E-state index contributed by atoms with van der Waals surface area (Å²) in [4.78, 5) is 39.1. The molecule has 154 valence electrons. The fraction of sp³-hybridized carbons (Fsp3) is 0.409. The number of carbonyl (C=O) groups excluding carboxylic acids is 2. The number of fused-ring (bicyclic) bond motifs is 1. The predicted octanol–water partition coefficient (Wildman–Crippen LogP) is 2.01. The molecule has 1 heterocycles. The molecule has 2 amide bonds. The van der Waals surface area contributed by atoms with Crippen LogP contribution in [0.2, 0.25) is 0 Å². The van der Waals surface area contributed by atoms with Gasteiger partial charge in [0.25, 0.3) is 0 Å². The maximum atomic E-state index is 12.5. The Kier molecular flexibility index (Phi) is 6.49. The Hall–Kier alpha value is -2.93. The Morgan fingerprint density at radius 2 is 1.86 bits per heavy atom. The molecule has 1 aliphatic rings. The number of carboxylic acids is 1. The van der Waals surface area contributed by atoms with Crippen molar-refractivity contribution in [1.82, 2.24) is 9.80 Å². The van der Waals surface area contributed by atoms with Gasteiger partial charge in [0.1, 0.15) is 0 Å². The predicted molar refractivity (Wildman–Crippen MR) is 108 cm³/mol. The number of nitrogens with zero attached hydrogens (tertiary/aromatic N) is 2. The molecule has 1 fully saturated rings. The topological polar surface area (TPSA) is 98.2 Å². The fourth-order valence-corrected chi connectivity index (χ4v) is 3.92. The molecule has 1 aliphatic heterocycles. The third-order valence-electron chi connectivity index (χ3n) is 5.50. The summed E-state index contributed by atoms with van der Waals surface area (Å²) in [5.74, 6) is -1.78. The molecule has 1 unspecified atom stereocenters. The molecule has 29 heavy (non-hydrogen) atoms. The van der Waals surface area contributed by atoms with Crippen molar-refractivity contribution in [3.8, 4) is 0 Å². The van der Waals surface area contributed by atoms with E-state index in [1.807, 2.05) is 42.5 Å². The first-order chi connectivity index (χ1) is 13.9. The maximum Gasteiger partial charge on any atom is 0.334 e. The van der Waals surface area contributed by atoms with Gasteiger partial charge in [-0.3, -0.25) is 9.59 Å². The van der Waals surface area contributed by atoms with Crippen LogP contribution in [0.5, 0.6) is 0 Å². The maximum absolute atomic E-state index is 12.5. The van der Waals surface area contributed by atoms with E-state index in [-0.39, 0.29) is 24.7 Å². The molecule has 0 bridgehead atoms. The zero-order valence-electron chi connectivity index (χ0n) is 16.5. The number of carboxylic acid groups (broad SMARTS) is 1. The Balaban J connectivity index is 1.57. The van der Waals surface area contributed by atoms with Crippen molar-refractivity contribution in [2.45, 2.75) is 44.4 Å². The number of aliphatic carboxylic acids is 1. The highest BCUT2D eigenvalue weighted by atomic mass is 16.4. The van der Waals surface area contributed by atoms with Crippen LogP contribution < -0.4 is 0 Å². The Bertz CT molecular complexity index is 908. The van der Waals surface area contributed by atoms with Gasteiger partial charge in [0.15, 0.2) is 6.10 Å².